The van der Waals surface area contributed by atoms with E-state index in [0.717, 1.165) is 6.42 Å². The third-order valence-corrected chi connectivity index (χ3v) is 3.46. The van der Waals surface area contributed by atoms with Crippen molar-refractivity contribution in [2.24, 2.45) is 0 Å². The van der Waals surface area contributed by atoms with Crippen molar-refractivity contribution in [2.45, 2.75) is 37.7 Å². The van der Waals surface area contributed by atoms with Crippen molar-refractivity contribution in [1.29, 1.82) is 0 Å². The number of hydrogen-bond acceptors (Lipinski definition) is 1. The number of benzene rings is 1. The average Bonchev–Trinajstić information content (AvgIpc) is 2.40. The van der Waals surface area contributed by atoms with Gasteiger partial charge in [0.15, 0.2) is 0 Å². The molecule has 1 aromatic carbocycles. The second-order valence-electron chi connectivity index (χ2n) is 4.63. The van der Waals surface area contributed by atoms with E-state index < -0.39 is 0 Å². The molecule has 0 aromatic heterocycles. The molecule has 0 aliphatic heterocycles. The molecule has 1 aliphatic carbocycles. The van der Waals surface area contributed by atoms with E-state index in [1.165, 1.54) is 24.8 Å². The Balaban J connectivity index is 2.12. The minimum atomic E-state index is 0.261. The maximum absolute atomic E-state index is 5.89. The predicted molar refractivity (Wildman–Crippen MR) is 71.9 cm³/mol. The maximum Gasteiger partial charge on any atom is 0.111 e. The predicted octanol–water partition coefficient (Wildman–Crippen LogP) is 4.43. The van der Waals surface area contributed by atoms with Gasteiger partial charge in [-0.05, 0) is 30.9 Å². The van der Waals surface area contributed by atoms with Crippen LogP contribution in [0.2, 0.25) is 0 Å². The molecule has 90 valence electrons. The van der Waals surface area contributed by atoms with Crippen molar-refractivity contribution in [1.82, 2.24) is 0 Å². The number of ether oxygens (including phenoxy) is 1. The summed E-state index contributed by atoms with van der Waals surface area (Å²) < 4.78 is 5.89. The van der Waals surface area contributed by atoms with Crippen molar-refractivity contribution >= 4 is 0 Å². The molecule has 1 fully saturated rings. The van der Waals surface area contributed by atoms with Gasteiger partial charge in [0.2, 0.25) is 0 Å². The fraction of sp³-hybridized carbons (Fsp3) is 0.375. The van der Waals surface area contributed by atoms with Gasteiger partial charge in [-0.2, -0.15) is 0 Å². The fourth-order valence-corrected chi connectivity index (χ4v) is 2.56. The second kappa shape index (κ2) is 5.72. The normalized spacial score (nSPS) is 24.0. The highest BCUT2D eigenvalue weighted by atomic mass is 16.5. The van der Waals surface area contributed by atoms with Gasteiger partial charge in [0, 0.05) is 5.92 Å². The third-order valence-electron chi connectivity index (χ3n) is 3.46. The monoisotopic (exact) mass is 228 g/mol. The van der Waals surface area contributed by atoms with Crippen LogP contribution in [0.5, 0.6) is 0 Å². The van der Waals surface area contributed by atoms with Gasteiger partial charge in [0.25, 0.3) is 0 Å². The van der Waals surface area contributed by atoms with Crippen LogP contribution in [0, 0.1) is 0 Å². The summed E-state index contributed by atoms with van der Waals surface area (Å²) >= 11 is 0. The van der Waals surface area contributed by atoms with Crippen LogP contribution in [0.3, 0.4) is 0 Å². The lowest BCUT2D eigenvalue weighted by atomic mass is 9.81. The smallest absolute Gasteiger partial charge is 0.111 e. The lowest BCUT2D eigenvalue weighted by Crippen LogP contribution is -2.25. The lowest BCUT2D eigenvalue weighted by molar-refractivity contribution is 0.0710. The summed E-state index contributed by atoms with van der Waals surface area (Å²) in [7, 11) is 0. The van der Waals surface area contributed by atoms with Gasteiger partial charge in [0.05, 0.1) is 0 Å². The molecule has 1 aliphatic rings. The molecule has 1 nitrogen and oxygen atoms in total. The zero-order valence-electron chi connectivity index (χ0n) is 10.3. The topological polar surface area (TPSA) is 9.23 Å². The summed E-state index contributed by atoms with van der Waals surface area (Å²) in [5.41, 5.74) is 1.38. The van der Waals surface area contributed by atoms with Gasteiger partial charge >= 0.3 is 0 Å². The fourth-order valence-electron chi connectivity index (χ4n) is 2.56. The molecule has 0 radical (unpaired) electrons. The van der Waals surface area contributed by atoms with Gasteiger partial charge in [-0.15, -0.1) is 0 Å². The van der Waals surface area contributed by atoms with E-state index in [2.05, 4.69) is 43.5 Å². The minimum absolute atomic E-state index is 0.261. The van der Waals surface area contributed by atoms with Crippen molar-refractivity contribution in [2.75, 3.05) is 0 Å². The van der Waals surface area contributed by atoms with Gasteiger partial charge in [-0.1, -0.05) is 49.9 Å². The van der Waals surface area contributed by atoms with Crippen LogP contribution in [0.15, 0.2) is 55.3 Å². The Kier molecular flexibility index (Phi) is 4.03. The van der Waals surface area contributed by atoms with Crippen LogP contribution in [0.1, 0.15) is 37.2 Å². The largest absolute Gasteiger partial charge is 0.490 e. The summed E-state index contributed by atoms with van der Waals surface area (Å²) in [5, 5.41) is 0. The van der Waals surface area contributed by atoms with E-state index in [-0.39, 0.29) is 6.10 Å². The summed E-state index contributed by atoms with van der Waals surface area (Å²) in [4.78, 5) is 0. The van der Waals surface area contributed by atoms with E-state index >= 15 is 0 Å². The minimum Gasteiger partial charge on any atom is -0.490 e. The van der Waals surface area contributed by atoms with Gasteiger partial charge < -0.3 is 4.74 Å². The Morgan fingerprint density at radius 2 is 1.88 bits per heavy atom. The van der Waals surface area contributed by atoms with Gasteiger partial charge in [-0.3, -0.25) is 0 Å². The van der Waals surface area contributed by atoms with Crippen LogP contribution >= 0.6 is 0 Å². The molecule has 2 atom stereocenters. The van der Waals surface area contributed by atoms with Gasteiger partial charge in [-0.25, -0.2) is 0 Å². The molecule has 0 spiro atoms. The Bertz CT molecular complexity index is 380. The summed E-state index contributed by atoms with van der Waals surface area (Å²) in [5.74, 6) is 1.19. The summed E-state index contributed by atoms with van der Waals surface area (Å²) in [6, 6.07) is 10.7. The van der Waals surface area contributed by atoms with Crippen LogP contribution in [0.4, 0.5) is 0 Å². The number of rotatable bonds is 4. The zero-order chi connectivity index (χ0) is 12.1. The average molecular weight is 228 g/mol. The second-order valence-corrected chi connectivity index (χ2v) is 4.63. The standard InChI is InChI=1S/C16H20O/c1-3-13(2)17-16-12-8-7-11-15(16)14-9-5-4-6-10-14/h3-6,9-10,15-16H,1-2,7-8,11-12H2/t15-,16+/m0/s1. The summed E-state index contributed by atoms with van der Waals surface area (Å²) in [6.07, 6.45) is 6.82. The Morgan fingerprint density at radius 3 is 2.59 bits per heavy atom. The van der Waals surface area contributed by atoms with Crippen molar-refractivity contribution in [3.8, 4) is 0 Å². The van der Waals surface area contributed by atoms with Gasteiger partial charge in [0.1, 0.15) is 11.9 Å². The molecule has 0 N–H and O–H groups in total. The third kappa shape index (κ3) is 3.00. The summed E-state index contributed by atoms with van der Waals surface area (Å²) in [6.45, 7) is 7.55. The van der Waals surface area contributed by atoms with E-state index in [1.807, 2.05) is 0 Å². The first-order chi connectivity index (χ1) is 8.31. The van der Waals surface area contributed by atoms with Crippen molar-refractivity contribution in [3.05, 3.63) is 60.9 Å². The first-order valence-electron chi connectivity index (χ1n) is 6.34. The molecule has 0 unspecified atom stereocenters. The van der Waals surface area contributed by atoms with E-state index in [0.29, 0.717) is 11.7 Å². The first kappa shape index (κ1) is 12.0. The van der Waals surface area contributed by atoms with Crippen LogP contribution < -0.4 is 0 Å². The Morgan fingerprint density at radius 1 is 1.18 bits per heavy atom. The van der Waals surface area contributed by atoms with E-state index in [9.17, 15) is 0 Å². The molecule has 0 amide bonds. The highest BCUT2D eigenvalue weighted by Crippen LogP contribution is 2.35. The van der Waals surface area contributed by atoms with Crippen LogP contribution in [0.25, 0.3) is 0 Å². The molecule has 1 saturated carbocycles. The molecular formula is C16H20O. The van der Waals surface area contributed by atoms with Crippen molar-refractivity contribution < 1.29 is 4.74 Å². The molecule has 17 heavy (non-hydrogen) atoms. The molecule has 2 rings (SSSR count). The lowest BCUT2D eigenvalue weighted by Gasteiger charge is -2.32. The highest BCUT2D eigenvalue weighted by Gasteiger charge is 2.27. The molecule has 0 bridgehead atoms. The van der Waals surface area contributed by atoms with E-state index in [1.54, 1.807) is 6.08 Å². The van der Waals surface area contributed by atoms with Crippen molar-refractivity contribution in [3.63, 3.8) is 0 Å². The maximum atomic E-state index is 5.89. The number of allylic oxidation sites excluding steroid dienone is 1. The van der Waals surface area contributed by atoms with Crippen LogP contribution in [-0.4, -0.2) is 6.10 Å². The molecular weight excluding hydrogens is 208 g/mol. The molecule has 1 aromatic rings. The molecule has 1 heteroatoms. The zero-order valence-corrected chi connectivity index (χ0v) is 10.3. The first-order valence-corrected chi connectivity index (χ1v) is 6.34. The SMILES string of the molecule is C=CC(=C)O[C@@H]1CCCC[C@H]1c1ccccc1. The van der Waals surface area contributed by atoms with Crippen LogP contribution in [-0.2, 0) is 4.74 Å². The molecule has 0 heterocycles. The quantitative estimate of drug-likeness (QED) is 0.547. The Hall–Kier alpha value is -1.50. The van der Waals surface area contributed by atoms with E-state index in [4.69, 9.17) is 4.74 Å². The molecule has 0 saturated heterocycles. The highest BCUT2D eigenvalue weighted by molar-refractivity contribution is 5.22. The Labute approximate surface area is 104 Å². The number of hydrogen-bond donors (Lipinski definition) is 0.